The van der Waals surface area contributed by atoms with E-state index in [1.54, 1.807) is 6.20 Å². The van der Waals surface area contributed by atoms with Gasteiger partial charge < -0.3 is 5.11 Å². The normalized spacial score (nSPS) is 18.6. The molecule has 2 rings (SSSR count). The van der Waals surface area contributed by atoms with Crippen LogP contribution < -0.4 is 0 Å². The largest absolute Gasteiger partial charge is 0.387 e. The van der Waals surface area contributed by atoms with Crippen LogP contribution in [0.3, 0.4) is 0 Å². The molecule has 0 saturated heterocycles. The maximum Gasteiger partial charge on any atom is 0.0965 e. The highest BCUT2D eigenvalue weighted by Crippen LogP contribution is 2.37. The van der Waals surface area contributed by atoms with Crippen molar-refractivity contribution in [2.45, 2.75) is 32.3 Å². The zero-order valence-electron chi connectivity index (χ0n) is 7.90. The molecule has 0 radical (unpaired) electrons. The van der Waals surface area contributed by atoms with Crippen LogP contribution >= 0.6 is 0 Å². The first-order valence-electron chi connectivity index (χ1n) is 4.87. The second-order valence-corrected chi connectivity index (χ2v) is 3.90. The minimum atomic E-state index is -0.353. The van der Waals surface area contributed by atoms with Crippen molar-refractivity contribution in [3.8, 4) is 0 Å². The van der Waals surface area contributed by atoms with Gasteiger partial charge in [0.2, 0.25) is 0 Å². The topological polar surface area (TPSA) is 33.1 Å². The Morgan fingerprint density at radius 3 is 3.00 bits per heavy atom. The molecule has 13 heavy (non-hydrogen) atoms. The molecule has 1 aliphatic rings. The third kappa shape index (κ3) is 2.07. The molecule has 1 aromatic heterocycles. The van der Waals surface area contributed by atoms with Crippen molar-refractivity contribution >= 4 is 0 Å². The van der Waals surface area contributed by atoms with Crippen molar-refractivity contribution in [2.75, 3.05) is 0 Å². The van der Waals surface area contributed by atoms with Gasteiger partial charge in [-0.15, -0.1) is 0 Å². The summed E-state index contributed by atoms with van der Waals surface area (Å²) < 4.78 is 0. The fourth-order valence-electron chi connectivity index (χ4n) is 1.63. The smallest absolute Gasteiger partial charge is 0.0965 e. The zero-order valence-corrected chi connectivity index (χ0v) is 7.90. The van der Waals surface area contributed by atoms with Crippen LogP contribution in [0.5, 0.6) is 0 Å². The maximum atomic E-state index is 9.85. The Bertz CT molecular complexity index is 294. The predicted octanol–water partition coefficient (Wildman–Crippen LogP) is 2.22. The van der Waals surface area contributed by atoms with Gasteiger partial charge in [0.1, 0.15) is 0 Å². The number of rotatable bonds is 3. The van der Waals surface area contributed by atoms with Crippen molar-refractivity contribution in [1.82, 2.24) is 4.98 Å². The van der Waals surface area contributed by atoms with Gasteiger partial charge in [-0.2, -0.15) is 0 Å². The molecular formula is C11H15NO. The van der Waals surface area contributed by atoms with Gasteiger partial charge in [-0.1, -0.05) is 18.9 Å². The maximum absolute atomic E-state index is 9.85. The average Bonchev–Trinajstić information content (AvgIpc) is 2.89. The Balaban J connectivity index is 2.09. The van der Waals surface area contributed by atoms with Gasteiger partial charge >= 0.3 is 0 Å². The van der Waals surface area contributed by atoms with Gasteiger partial charge in [0.25, 0.3) is 0 Å². The fraction of sp³-hybridized carbons (Fsp3) is 0.545. The number of aryl methyl sites for hydroxylation is 1. The molecule has 1 N–H and O–H groups in total. The monoisotopic (exact) mass is 177 g/mol. The number of nitrogens with zero attached hydrogens (tertiary/aromatic N) is 1. The highest BCUT2D eigenvalue weighted by atomic mass is 16.3. The highest BCUT2D eigenvalue weighted by molar-refractivity contribution is 5.19. The second kappa shape index (κ2) is 3.46. The van der Waals surface area contributed by atoms with Crippen LogP contribution in [0.1, 0.15) is 36.6 Å². The number of aliphatic hydroxyl groups excluding tert-OH is 1. The Morgan fingerprint density at radius 1 is 1.62 bits per heavy atom. The zero-order chi connectivity index (χ0) is 9.26. The molecule has 1 heterocycles. The van der Waals surface area contributed by atoms with Crippen molar-refractivity contribution in [1.29, 1.82) is 0 Å². The lowest BCUT2D eigenvalue weighted by molar-refractivity contribution is 0.155. The molecule has 0 aromatic carbocycles. The van der Waals surface area contributed by atoms with Crippen LogP contribution in [0, 0.1) is 12.8 Å². The molecule has 1 aliphatic carbocycles. The third-order valence-electron chi connectivity index (χ3n) is 2.62. The van der Waals surface area contributed by atoms with Crippen molar-refractivity contribution in [2.24, 2.45) is 5.92 Å². The van der Waals surface area contributed by atoms with Crippen molar-refractivity contribution in [3.05, 3.63) is 29.6 Å². The van der Waals surface area contributed by atoms with Crippen molar-refractivity contribution in [3.63, 3.8) is 0 Å². The Kier molecular flexibility index (Phi) is 2.32. The molecule has 2 heteroatoms. The summed E-state index contributed by atoms with van der Waals surface area (Å²) in [6.45, 7) is 2.00. The van der Waals surface area contributed by atoms with E-state index in [-0.39, 0.29) is 6.10 Å². The molecule has 1 fully saturated rings. The van der Waals surface area contributed by atoms with Crippen molar-refractivity contribution < 1.29 is 5.11 Å². The number of hydrogen-bond acceptors (Lipinski definition) is 2. The lowest BCUT2D eigenvalue weighted by Crippen LogP contribution is -2.03. The third-order valence-corrected chi connectivity index (χ3v) is 2.62. The Labute approximate surface area is 78.6 Å². The number of hydrogen-bond donors (Lipinski definition) is 1. The van der Waals surface area contributed by atoms with E-state index < -0.39 is 0 Å². The summed E-state index contributed by atoms with van der Waals surface area (Å²) in [4.78, 5) is 4.21. The van der Waals surface area contributed by atoms with E-state index in [0.29, 0.717) is 0 Å². The Hall–Kier alpha value is -0.890. The average molecular weight is 177 g/mol. The fourth-order valence-corrected chi connectivity index (χ4v) is 1.63. The van der Waals surface area contributed by atoms with E-state index >= 15 is 0 Å². The number of aromatic nitrogens is 1. The van der Waals surface area contributed by atoms with Gasteiger partial charge in [-0.3, -0.25) is 4.98 Å². The molecule has 1 saturated carbocycles. The van der Waals surface area contributed by atoms with E-state index in [0.717, 1.165) is 23.6 Å². The molecule has 1 atom stereocenters. The summed E-state index contributed by atoms with van der Waals surface area (Å²) in [5, 5.41) is 9.85. The SMILES string of the molecule is Cc1cccnc1C(O)CC1CC1. The molecule has 0 amide bonds. The summed E-state index contributed by atoms with van der Waals surface area (Å²) in [5.74, 6) is 0.747. The standard InChI is InChI=1S/C11H15NO/c1-8-3-2-6-12-11(8)10(13)7-9-4-5-9/h2-3,6,9-10,13H,4-5,7H2,1H3. The lowest BCUT2D eigenvalue weighted by Gasteiger charge is -2.11. The second-order valence-electron chi connectivity index (χ2n) is 3.90. The van der Waals surface area contributed by atoms with Crippen LogP contribution in [0.15, 0.2) is 18.3 Å². The summed E-state index contributed by atoms with van der Waals surface area (Å²) in [7, 11) is 0. The summed E-state index contributed by atoms with van der Waals surface area (Å²) >= 11 is 0. The van der Waals surface area contributed by atoms with E-state index in [4.69, 9.17) is 0 Å². The van der Waals surface area contributed by atoms with E-state index in [9.17, 15) is 5.11 Å². The first-order chi connectivity index (χ1) is 6.27. The lowest BCUT2D eigenvalue weighted by atomic mass is 10.1. The minimum Gasteiger partial charge on any atom is -0.387 e. The molecule has 1 aromatic rings. The molecule has 0 bridgehead atoms. The molecule has 1 unspecified atom stereocenters. The number of aliphatic hydroxyl groups is 1. The first-order valence-corrected chi connectivity index (χ1v) is 4.87. The van der Waals surface area contributed by atoms with E-state index in [1.807, 2.05) is 19.1 Å². The van der Waals surface area contributed by atoms with Crippen LogP contribution in [0.2, 0.25) is 0 Å². The van der Waals surface area contributed by atoms with Gasteiger partial charge in [-0.05, 0) is 30.9 Å². The van der Waals surface area contributed by atoms with Crippen LogP contribution in [0.4, 0.5) is 0 Å². The first kappa shape index (κ1) is 8.70. The minimum absolute atomic E-state index is 0.353. The van der Waals surface area contributed by atoms with E-state index in [2.05, 4.69) is 4.98 Å². The quantitative estimate of drug-likeness (QED) is 0.768. The predicted molar refractivity (Wildman–Crippen MR) is 51.3 cm³/mol. The molecule has 0 aliphatic heterocycles. The summed E-state index contributed by atoms with van der Waals surface area (Å²) in [6.07, 6.45) is 4.84. The van der Waals surface area contributed by atoms with Gasteiger partial charge in [-0.25, -0.2) is 0 Å². The van der Waals surface area contributed by atoms with E-state index in [1.165, 1.54) is 12.8 Å². The molecule has 2 nitrogen and oxygen atoms in total. The highest BCUT2D eigenvalue weighted by Gasteiger charge is 2.26. The summed E-state index contributed by atoms with van der Waals surface area (Å²) in [6, 6.07) is 3.90. The summed E-state index contributed by atoms with van der Waals surface area (Å²) in [5.41, 5.74) is 1.95. The van der Waals surface area contributed by atoms with Crippen LogP contribution in [-0.4, -0.2) is 10.1 Å². The Morgan fingerprint density at radius 2 is 2.38 bits per heavy atom. The molecule has 70 valence electrons. The van der Waals surface area contributed by atoms with Gasteiger partial charge in [0.15, 0.2) is 0 Å². The van der Waals surface area contributed by atoms with Gasteiger partial charge in [0, 0.05) is 6.20 Å². The van der Waals surface area contributed by atoms with Gasteiger partial charge in [0.05, 0.1) is 11.8 Å². The van der Waals surface area contributed by atoms with Crippen LogP contribution in [0.25, 0.3) is 0 Å². The number of pyridine rings is 1. The molecular weight excluding hydrogens is 162 g/mol. The van der Waals surface area contributed by atoms with Crippen LogP contribution in [-0.2, 0) is 0 Å². The molecule has 0 spiro atoms.